The molecular formula is C37H41N5O6. The molecule has 0 aromatic heterocycles. The minimum atomic E-state index is -1.38. The quantitative estimate of drug-likeness (QED) is 0.161. The second-order valence-corrected chi connectivity index (χ2v) is 12.0. The number of nitriles is 1. The van der Waals surface area contributed by atoms with Gasteiger partial charge in [-0.2, -0.15) is 5.26 Å². The number of anilines is 1. The van der Waals surface area contributed by atoms with Gasteiger partial charge in [0.25, 0.3) is 11.8 Å². The second kappa shape index (κ2) is 15.1. The number of nitrogens with zero attached hydrogens (tertiary/aromatic N) is 4. The van der Waals surface area contributed by atoms with E-state index in [0.717, 1.165) is 18.8 Å². The van der Waals surface area contributed by atoms with Gasteiger partial charge in [-0.3, -0.25) is 29.0 Å². The molecule has 0 aliphatic carbocycles. The lowest BCUT2D eigenvalue weighted by atomic mass is 9.99. The van der Waals surface area contributed by atoms with Crippen LogP contribution in [-0.4, -0.2) is 80.2 Å². The number of imide groups is 1. The van der Waals surface area contributed by atoms with Gasteiger partial charge in [0.15, 0.2) is 23.2 Å². The molecule has 0 spiro atoms. The highest BCUT2D eigenvalue weighted by Gasteiger charge is 2.43. The van der Waals surface area contributed by atoms with Crippen molar-refractivity contribution in [2.45, 2.75) is 38.8 Å². The van der Waals surface area contributed by atoms with Crippen molar-refractivity contribution < 1.29 is 28.7 Å². The Bertz CT molecular complexity index is 1710. The van der Waals surface area contributed by atoms with E-state index < -0.39 is 29.6 Å². The fourth-order valence-corrected chi connectivity index (χ4v) is 6.57. The number of piperazine rings is 1. The summed E-state index contributed by atoms with van der Waals surface area (Å²) in [7, 11) is 3.04. The molecule has 3 aromatic carbocycles. The maximum atomic E-state index is 14.3. The lowest BCUT2D eigenvalue weighted by Crippen LogP contribution is -2.47. The smallest absolute Gasteiger partial charge is 0.264 e. The number of fused-ring (bicyclic) bond motifs is 1. The van der Waals surface area contributed by atoms with Crippen molar-refractivity contribution in [3.05, 3.63) is 89.0 Å². The first-order valence-electron chi connectivity index (χ1n) is 16.1. The van der Waals surface area contributed by atoms with Crippen molar-refractivity contribution in [1.82, 2.24) is 15.1 Å². The van der Waals surface area contributed by atoms with E-state index in [0.29, 0.717) is 54.1 Å². The van der Waals surface area contributed by atoms with Gasteiger partial charge in [-0.25, -0.2) is 0 Å². The molecule has 11 nitrogen and oxygen atoms in total. The van der Waals surface area contributed by atoms with Crippen molar-refractivity contribution in [3.8, 4) is 17.6 Å². The number of ketones is 1. The SMILES string of the molecule is COc1ccc(C(CCCNC(=O)[C@H](C#N)C(C)=O)N2C(=O)c3cccc(N4CCN([C@H](C)c5ccccc5)CC4)c3C2=O)cc1OC. The standard InChI is InChI=1S/C37H41N5O6/c1-24(26-10-6-5-7-11-26)40-18-20-41(21-19-40)31-13-8-12-28-34(31)37(46)42(36(28)45)30(27-15-16-32(47-3)33(22-27)48-4)14-9-17-39-35(44)29(23-38)25(2)43/h5-8,10-13,15-16,22,24,29-30H,9,14,17-21H2,1-4H3,(H,39,44)/t24-,29-,30?/m1/s1. The van der Waals surface area contributed by atoms with Crippen LogP contribution in [0.2, 0.25) is 0 Å². The fourth-order valence-electron chi connectivity index (χ4n) is 6.57. The highest BCUT2D eigenvalue weighted by Crippen LogP contribution is 2.40. The number of Topliss-reactive ketones (excluding diaryl/α,β-unsaturated/α-hetero) is 1. The van der Waals surface area contributed by atoms with E-state index in [1.54, 1.807) is 30.3 Å². The molecule has 2 aliphatic heterocycles. The molecule has 11 heteroatoms. The van der Waals surface area contributed by atoms with Crippen molar-refractivity contribution >= 4 is 29.2 Å². The Morgan fingerprint density at radius 2 is 1.60 bits per heavy atom. The summed E-state index contributed by atoms with van der Waals surface area (Å²) in [6.45, 7) is 6.58. The minimum absolute atomic E-state index is 0.147. The predicted octanol–water partition coefficient (Wildman–Crippen LogP) is 4.55. The van der Waals surface area contributed by atoms with Crippen molar-refractivity contribution in [2.24, 2.45) is 5.92 Å². The fraction of sp³-hybridized carbons (Fsp3) is 0.378. The molecule has 3 amide bonds. The molecule has 2 heterocycles. The second-order valence-electron chi connectivity index (χ2n) is 12.0. The highest BCUT2D eigenvalue weighted by atomic mass is 16.5. The van der Waals surface area contributed by atoms with Crippen molar-refractivity contribution in [1.29, 1.82) is 5.26 Å². The molecule has 48 heavy (non-hydrogen) atoms. The van der Waals surface area contributed by atoms with Crippen LogP contribution in [0.4, 0.5) is 5.69 Å². The Balaban J connectivity index is 1.38. The van der Waals surface area contributed by atoms with Gasteiger partial charge in [-0.05, 0) is 62.1 Å². The summed E-state index contributed by atoms with van der Waals surface area (Å²) in [5.41, 5.74) is 3.41. The molecule has 5 rings (SSSR count). The topological polar surface area (TPSA) is 132 Å². The molecule has 1 unspecified atom stereocenters. The summed E-state index contributed by atoms with van der Waals surface area (Å²) < 4.78 is 10.9. The van der Waals surface area contributed by atoms with Gasteiger partial charge in [-0.1, -0.05) is 42.5 Å². The number of carbonyl (C=O) groups excluding carboxylic acids is 4. The summed E-state index contributed by atoms with van der Waals surface area (Å²) >= 11 is 0. The first-order valence-corrected chi connectivity index (χ1v) is 16.1. The third-order valence-electron chi connectivity index (χ3n) is 9.26. The van der Waals surface area contributed by atoms with E-state index in [2.05, 4.69) is 34.2 Å². The van der Waals surface area contributed by atoms with Crippen LogP contribution >= 0.6 is 0 Å². The van der Waals surface area contributed by atoms with Crippen LogP contribution < -0.4 is 19.7 Å². The van der Waals surface area contributed by atoms with Crippen LogP contribution in [0, 0.1) is 17.2 Å². The third-order valence-corrected chi connectivity index (χ3v) is 9.26. The summed E-state index contributed by atoms with van der Waals surface area (Å²) in [6, 6.07) is 22.4. The first-order chi connectivity index (χ1) is 23.2. The first kappa shape index (κ1) is 34.1. The Hall–Kier alpha value is -5.21. The zero-order valence-electron chi connectivity index (χ0n) is 27.8. The van der Waals surface area contributed by atoms with Crippen LogP contribution in [-0.2, 0) is 9.59 Å². The molecule has 250 valence electrons. The molecular weight excluding hydrogens is 610 g/mol. The number of rotatable bonds is 13. The average molecular weight is 652 g/mol. The van der Waals surface area contributed by atoms with E-state index in [-0.39, 0.29) is 18.5 Å². The largest absolute Gasteiger partial charge is 0.493 e. The van der Waals surface area contributed by atoms with Crippen LogP contribution in [0.15, 0.2) is 66.7 Å². The van der Waals surface area contributed by atoms with Gasteiger partial charge >= 0.3 is 0 Å². The van der Waals surface area contributed by atoms with E-state index in [4.69, 9.17) is 9.47 Å². The molecule has 1 saturated heterocycles. The van der Waals surface area contributed by atoms with Crippen LogP contribution in [0.5, 0.6) is 11.5 Å². The number of benzene rings is 3. The number of hydrogen-bond acceptors (Lipinski definition) is 9. The normalized spacial score (nSPS) is 16.5. The zero-order valence-corrected chi connectivity index (χ0v) is 27.8. The number of methoxy groups -OCH3 is 2. The number of amides is 3. The summed E-state index contributed by atoms with van der Waals surface area (Å²) in [5, 5.41) is 11.8. The molecule has 3 aromatic rings. The Kier molecular flexibility index (Phi) is 10.8. The number of hydrogen-bond donors (Lipinski definition) is 1. The maximum absolute atomic E-state index is 14.3. The average Bonchev–Trinajstić information content (AvgIpc) is 3.37. The Morgan fingerprint density at radius 3 is 2.25 bits per heavy atom. The van der Waals surface area contributed by atoms with E-state index in [1.165, 1.54) is 31.6 Å². The van der Waals surface area contributed by atoms with Crippen LogP contribution in [0.25, 0.3) is 0 Å². The van der Waals surface area contributed by atoms with Gasteiger partial charge in [0.2, 0.25) is 5.91 Å². The van der Waals surface area contributed by atoms with E-state index in [1.807, 2.05) is 30.3 Å². The molecule has 1 N–H and O–H groups in total. The van der Waals surface area contributed by atoms with Gasteiger partial charge in [0.1, 0.15) is 0 Å². The van der Waals surface area contributed by atoms with Crippen LogP contribution in [0.3, 0.4) is 0 Å². The third kappa shape index (κ3) is 6.89. The molecule has 0 saturated carbocycles. The van der Waals surface area contributed by atoms with Crippen molar-refractivity contribution in [2.75, 3.05) is 51.8 Å². The number of nitrogens with one attached hydrogen (secondary N) is 1. The summed E-state index contributed by atoms with van der Waals surface area (Å²) in [5.74, 6) is -2.40. The maximum Gasteiger partial charge on any atom is 0.264 e. The Labute approximate surface area is 281 Å². The predicted molar refractivity (Wildman–Crippen MR) is 180 cm³/mol. The number of ether oxygens (including phenoxy) is 2. The van der Waals surface area contributed by atoms with Gasteiger partial charge in [0.05, 0.1) is 43.1 Å². The number of carbonyl (C=O) groups is 4. The Morgan fingerprint density at radius 1 is 0.896 bits per heavy atom. The lowest BCUT2D eigenvalue weighted by Gasteiger charge is -2.39. The van der Waals surface area contributed by atoms with Gasteiger partial charge in [-0.15, -0.1) is 0 Å². The highest BCUT2D eigenvalue weighted by molar-refractivity contribution is 6.24. The molecule has 0 bridgehead atoms. The monoisotopic (exact) mass is 651 g/mol. The molecule has 1 fully saturated rings. The minimum Gasteiger partial charge on any atom is -0.493 e. The molecule has 3 atom stereocenters. The molecule has 0 radical (unpaired) electrons. The molecule has 2 aliphatic rings. The summed E-state index contributed by atoms with van der Waals surface area (Å²) in [6.07, 6.45) is 0.673. The lowest BCUT2D eigenvalue weighted by molar-refractivity contribution is -0.130. The van der Waals surface area contributed by atoms with E-state index >= 15 is 0 Å². The van der Waals surface area contributed by atoms with E-state index in [9.17, 15) is 24.4 Å². The van der Waals surface area contributed by atoms with Crippen molar-refractivity contribution in [3.63, 3.8) is 0 Å². The zero-order chi connectivity index (χ0) is 34.4. The van der Waals surface area contributed by atoms with Gasteiger partial charge < -0.3 is 19.7 Å². The summed E-state index contributed by atoms with van der Waals surface area (Å²) in [4.78, 5) is 58.4. The van der Waals surface area contributed by atoms with Gasteiger partial charge in [0, 0.05) is 38.8 Å². The van der Waals surface area contributed by atoms with Crippen LogP contribution in [0.1, 0.15) is 70.6 Å².